The Balaban J connectivity index is 0.971. The highest BCUT2D eigenvalue weighted by atomic mass is 19.4. The predicted octanol–water partition coefficient (Wildman–Crippen LogP) is 7.52. The van der Waals surface area contributed by atoms with Gasteiger partial charge in [-0.1, -0.05) is 17.3 Å². The summed E-state index contributed by atoms with van der Waals surface area (Å²) >= 11 is 0. The predicted molar refractivity (Wildman–Crippen MR) is 161 cm³/mol. The number of carbonyl (C=O) groups is 1. The molecule has 8 nitrogen and oxygen atoms in total. The summed E-state index contributed by atoms with van der Waals surface area (Å²) < 4.78 is 66.8. The van der Waals surface area contributed by atoms with Gasteiger partial charge in [0.1, 0.15) is 23.0 Å². The summed E-state index contributed by atoms with van der Waals surface area (Å²) in [5.74, 6) is -0.804. The van der Waals surface area contributed by atoms with Gasteiger partial charge in [-0.15, -0.1) is 13.2 Å². The fourth-order valence-corrected chi connectivity index (χ4v) is 8.55. The minimum Gasteiger partial charge on any atom is -0.478 e. The van der Waals surface area contributed by atoms with Crippen LogP contribution in [0.4, 0.5) is 23.2 Å². The summed E-state index contributed by atoms with van der Waals surface area (Å²) in [5.41, 5.74) is 2.92. The number of rotatable bonds is 8. The number of aromatic nitrogens is 2. The lowest BCUT2D eigenvalue weighted by atomic mass is 9.58. The lowest BCUT2D eigenvalue weighted by molar-refractivity contribution is -0.274. The van der Waals surface area contributed by atoms with E-state index in [9.17, 15) is 23.1 Å². The van der Waals surface area contributed by atoms with Crippen LogP contribution >= 0.6 is 0 Å². The van der Waals surface area contributed by atoms with Crippen molar-refractivity contribution in [3.63, 3.8) is 0 Å². The van der Waals surface area contributed by atoms with Gasteiger partial charge in [-0.25, -0.2) is 9.18 Å². The minimum absolute atomic E-state index is 0.0953. The van der Waals surface area contributed by atoms with Crippen molar-refractivity contribution in [2.24, 2.45) is 12.5 Å². The number of nitrogens with zero attached hydrogens (tertiary/aromatic N) is 3. The first-order chi connectivity index (χ1) is 22.0. The molecule has 2 N–H and O–H groups in total. The van der Waals surface area contributed by atoms with Crippen LogP contribution in [0.3, 0.4) is 0 Å². The Morgan fingerprint density at radius 3 is 2.50 bits per heavy atom. The molecule has 2 aromatic carbocycles. The van der Waals surface area contributed by atoms with E-state index in [4.69, 9.17) is 4.52 Å². The van der Waals surface area contributed by atoms with E-state index in [1.807, 2.05) is 0 Å². The van der Waals surface area contributed by atoms with Gasteiger partial charge >= 0.3 is 12.3 Å². The summed E-state index contributed by atoms with van der Waals surface area (Å²) in [6, 6.07) is 9.86. The Kier molecular flexibility index (Phi) is 6.69. The van der Waals surface area contributed by atoms with Crippen LogP contribution in [0.1, 0.15) is 79.0 Å². The number of hydrogen-bond donors (Lipinski definition) is 2. The zero-order valence-corrected chi connectivity index (χ0v) is 25.2. The van der Waals surface area contributed by atoms with Crippen molar-refractivity contribution >= 4 is 22.6 Å². The van der Waals surface area contributed by atoms with E-state index < -0.39 is 12.3 Å². The van der Waals surface area contributed by atoms with Gasteiger partial charge in [-0.2, -0.15) is 0 Å². The second-order valence-electron chi connectivity index (χ2n) is 13.7. The van der Waals surface area contributed by atoms with Gasteiger partial charge in [0.15, 0.2) is 0 Å². The molecule has 0 amide bonds. The fourth-order valence-electron chi connectivity index (χ4n) is 8.55. The molecule has 242 valence electrons. The molecule has 0 radical (unpaired) electrons. The topological polar surface area (TPSA) is 92.8 Å². The first-order valence-corrected chi connectivity index (χ1v) is 15.9. The highest BCUT2D eigenvalue weighted by molar-refractivity contribution is 6.04. The van der Waals surface area contributed by atoms with Crippen molar-refractivity contribution in [1.29, 1.82) is 0 Å². The second kappa shape index (κ2) is 10.5. The molecule has 2 atom stereocenters. The van der Waals surface area contributed by atoms with Crippen LogP contribution in [0.5, 0.6) is 5.75 Å². The summed E-state index contributed by atoms with van der Waals surface area (Å²) in [5, 5.41) is 17.8. The number of carboxylic acids is 1. The van der Waals surface area contributed by atoms with Gasteiger partial charge < -0.3 is 29.2 Å². The normalized spacial score (nSPS) is 25.8. The molecule has 8 rings (SSSR count). The van der Waals surface area contributed by atoms with Crippen LogP contribution in [0.2, 0.25) is 0 Å². The van der Waals surface area contributed by atoms with E-state index >= 15 is 4.39 Å². The number of anilines is 1. The van der Waals surface area contributed by atoms with Crippen molar-refractivity contribution in [2.75, 3.05) is 4.90 Å². The number of alkyl halides is 3. The molecule has 2 aliphatic carbocycles. The van der Waals surface area contributed by atoms with Crippen LogP contribution in [0.25, 0.3) is 22.2 Å². The number of fused-ring (bicyclic) bond motifs is 3. The Labute approximate surface area is 262 Å². The van der Waals surface area contributed by atoms with Gasteiger partial charge in [-0.05, 0) is 81.0 Å². The number of para-hydroxylation sites is 1. The van der Waals surface area contributed by atoms with Gasteiger partial charge in [-0.3, -0.25) is 0 Å². The third kappa shape index (κ3) is 5.01. The van der Waals surface area contributed by atoms with Crippen LogP contribution < -0.4 is 15.0 Å². The van der Waals surface area contributed by atoms with Crippen molar-refractivity contribution in [2.45, 2.75) is 88.3 Å². The Bertz CT molecular complexity index is 1820. The van der Waals surface area contributed by atoms with Crippen LogP contribution in [-0.2, 0) is 13.6 Å². The molecule has 12 heteroatoms. The van der Waals surface area contributed by atoms with Crippen LogP contribution in [0, 0.1) is 11.2 Å². The first-order valence-electron chi connectivity index (χ1n) is 15.9. The maximum atomic E-state index is 15.5. The summed E-state index contributed by atoms with van der Waals surface area (Å²) in [6.07, 6.45) is 4.48. The van der Waals surface area contributed by atoms with E-state index in [1.54, 1.807) is 29.8 Å². The van der Waals surface area contributed by atoms with E-state index in [-0.39, 0.29) is 52.2 Å². The van der Waals surface area contributed by atoms with Gasteiger partial charge in [0.2, 0.25) is 0 Å². The fraction of sp³-hybridized carbons (Fsp3) is 0.471. The molecule has 4 aromatic rings. The zero-order chi connectivity index (χ0) is 32.0. The van der Waals surface area contributed by atoms with Crippen molar-refractivity contribution < 1.29 is 36.7 Å². The molecule has 4 heterocycles. The minimum atomic E-state index is -4.82. The number of piperidine rings is 1. The van der Waals surface area contributed by atoms with Gasteiger partial charge in [0.05, 0.1) is 16.8 Å². The lowest BCUT2D eigenvalue weighted by Crippen LogP contribution is -2.57. The van der Waals surface area contributed by atoms with Gasteiger partial charge in [0.25, 0.3) is 0 Å². The lowest BCUT2D eigenvalue weighted by Gasteiger charge is -2.56. The molecular formula is C34H34F4N4O4. The average Bonchev–Trinajstić information content (AvgIpc) is 3.58. The number of carboxylic acid groups (broad SMARTS) is 1. The summed E-state index contributed by atoms with van der Waals surface area (Å²) in [4.78, 5) is 13.9. The molecular weight excluding hydrogens is 604 g/mol. The molecule has 2 aliphatic heterocycles. The first kappa shape index (κ1) is 29.3. The third-order valence-electron chi connectivity index (χ3n) is 10.6. The van der Waals surface area contributed by atoms with E-state index in [0.29, 0.717) is 28.8 Å². The summed E-state index contributed by atoms with van der Waals surface area (Å²) in [7, 11) is 1.78. The number of aryl methyl sites for hydroxylation is 1. The van der Waals surface area contributed by atoms with Crippen molar-refractivity contribution in [3.8, 4) is 17.0 Å². The van der Waals surface area contributed by atoms with E-state index in [0.717, 1.165) is 62.7 Å². The standard InChI is InChI=1S/C34H34F4N4O4/c1-41-17-25(32(43)44)23-10-26(35)28(11-27(23)41)42-20-8-9-21(42)15-33(14-20)12-19(13-33)39-16-24-30(40-46-31(24)18-6-7-18)22-4-2-3-5-29(22)45-34(36,37)38/h2-5,10-11,17-21,39H,6-9,12-16H2,1H3,(H,43,44). The number of halogens is 4. The molecule has 4 aliphatic rings. The maximum Gasteiger partial charge on any atom is 0.573 e. The second-order valence-corrected chi connectivity index (χ2v) is 13.7. The monoisotopic (exact) mass is 638 g/mol. The summed E-state index contributed by atoms with van der Waals surface area (Å²) in [6.45, 7) is 0.435. The number of benzene rings is 2. The van der Waals surface area contributed by atoms with Gasteiger partial charge in [0, 0.05) is 60.3 Å². The van der Waals surface area contributed by atoms with Crippen LogP contribution in [0.15, 0.2) is 47.1 Å². The molecule has 46 heavy (non-hydrogen) atoms. The third-order valence-corrected chi connectivity index (χ3v) is 10.6. The maximum absolute atomic E-state index is 15.5. The smallest absolute Gasteiger partial charge is 0.478 e. The molecule has 2 bridgehead atoms. The number of ether oxygens (including phenoxy) is 1. The number of nitrogens with one attached hydrogen (secondary N) is 1. The van der Waals surface area contributed by atoms with Crippen molar-refractivity contribution in [1.82, 2.24) is 15.0 Å². The van der Waals surface area contributed by atoms with E-state index in [1.165, 1.54) is 24.4 Å². The molecule has 2 aromatic heterocycles. The average molecular weight is 639 g/mol. The largest absolute Gasteiger partial charge is 0.573 e. The van der Waals surface area contributed by atoms with Crippen molar-refractivity contribution in [3.05, 3.63) is 65.3 Å². The Morgan fingerprint density at radius 1 is 1.11 bits per heavy atom. The highest BCUT2D eigenvalue weighted by Gasteiger charge is 2.54. The number of hydrogen-bond acceptors (Lipinski definition) is 6. The Hall–Kier alpha value is -4.06. The Morgan fingerprint density at radius 2 is 1.83 bits per heavy atom. The molecule has 2 saturated heterocycles. The highest BCUT2D eigenvalue weighted by Crippen LogP contribution is 2.57. The van der Waals surface area contributed by atoms with Crippen LogP contribution in [-0.4, -0.2) is 45.3 Å². The number of aromatic carboxylic acids is 1. The molecule has 4 fully saturated rings. The molecule has 1 spiro atoms. The SMILES string of the molecule is Cn1cc(C(=O)O)c2cc(F)c(N3C4CCC3CC3(CC(NCc5c(-c6ccccc6OC(F)(F)F)noc5C5CC5)C3)C4)cc21. The molecule has 2 saturated carbocycles. The molecule has 2 unspecified atom stereocenters. The zero-order valence-electron chi connectivity index (χ0n) is 25.2. The van der Waals surface area contributed by atoms with E-state index in [2.05, 4.69) is 20.1 Å². The quantitative estimate of drug-likeness (QED) is 0.193.